The molecule has 0 radical (unpaired) electrons. The molecule has 24 heavy (non-hydrogen) atoms. The molecule has 3 rings (SSSR count). The van der Waals surface area contributed by atoms with E-state index < -0.39 is 5.54 Å². The lowest BCUT2D eigenvalue weighted by molar-refractivity contribution is -0.133. The van der Waals surface area contributed by atoms with E-state index in [0.717, 1.165) is 19.4 Å². The van der Waals surface area contributed by atoms with Crippen molar-refractivity contribution in [2.75, 3.05) is 13.1 Å². The number of carbonyl (C=O) groups excluding carboxylic acids is 3. The summed E-state index contributed by atoms with van der Waals surface area (Å²) >= 11 is 1.65. The van der Waals surface area contributed by atoms with Gasteiger partial charge in [-0.1, -0.05) is 0 Å². The maximum Gasteiger partial charge on any atom is 0.325 e. The summed E-state index contributed by atoms with van der Waals surface area (Å²) in [6.45, 7) is 4.45. The van der Waals surface area contributed by atoms with Gasteiger partial charge in [0.25, 0.3) is 5.91 Å². The molecule has 2 aliphatic rings. The Kier molecular flexibility index (Phi) is 4.62. The zero-order chi connectivity index (χ0) is 17.3. The smallest absolute Gasteiger partial charge is 0.325 e. The van der Waals surface area contributed by atoms with Crippen molar-refractivity contribution in [3.63, 3.8) is 0 Å². The number of amides is 4. The van der Waals surface area contributed by atoms with Gasteiger partial charge in [-0.2, -0.15) is 11.3 Å². The molecule has 1 atom stereocenters. The monoisotopic (exact) mass is 349 g/mol. The summed E-state index contributed by atoms with van der Waals surface area (Å²) in [4.78, 5) is 39.7. The summed E-state index contributed by atoms with van der Waals surface area (Å²) < 4.78 is 0. The van der Waals surface area contributed by atoms with E-state index in [2.05, 4.69) is 16.8 Å². The Hall–Kier alpha value is -1.89. The van der Waals surface area contributed by atoms with Crippen LogP contribution in [0.4, 0.5) is 4.79 Å². The average molecular weight is 349 g/mol. The molecule has 2 saturated heterocycles. The number of thiophene rings is 1. The van der Waals surface area contributed by atoms with Crippen molar-refractivity contribution in [2.24, 2.45) is 0 Å². The number of likely N-dealkylation sites (tertiary alicyclic amines) is 1. The van der Waals surface area contributed by atoms with Crippen LogP contribution < -0.4 is 5.32 Å². The van der Waals surface area contributed by atoms with E-state index in [-0.39, 0.29) is 30.4 Å². The third-order valence-electron chi connectivity index (χ3n) is 4.72. The van der Waals surface area contributed by atoms with Crippen molar-refractivity contribution >= 4 is 29.2 Å². The lowest BCUT2D eigenvalue weighted by atomic mass is 10.1. The summed E-state index contributed by atoms with van der Waals surface area (Å²) in [5, 5.41) is 6.80. The van der Waals surface area contributed by atoms with Crippen LogP contribution in [0.15, 0.2) is 16.8 Å². The first-order valence-corrected chi connectivity index (χ1v) is 9.30. The fourth-order valence-electron chi connectivity index (χ4n) is 3.43. The number of urea groups is 1. The SMILES string of the molecule is CC1(C)NC(=O)N(CCCC(=O)N2CCC[C@H]2c2ccsc2)C1=O. The Labute approximate surface area is 145 Å². The van der Waals surface area contributed by atoms with Gasteiger partial charge in [0.2, 0.25) is 5.91 Å². The summed E-state index contributed by atoms with van der Waals surface area (Å²) in [5.74, 6) is -0.118. The predicted molar refractivity (Wildman–Crippen MR) is 91.6 cm³/mol. The van der Waals surface area contributed by atoms with Gasteiger partial charge in [0.1, 0.15) is 5.54 Å². The molecule has 1 aromatic heterocycles. The molecule has 6 nitrogen and oxygen atoms in total. The van der Waals surface area contributed by atoms with Crippen molar-refractivity contribution in [3.05, 3.63) is 22.4 Å². The standard InChI is InChI=1S/C17H23N3O3S/c1-17(2)15(22)20(16(23)18-17)9-4-6-14(21)19-8-3-5-13(19)12-7-10-24-11-12/h7,10-11,13H,3-6,8-9H2,1-2H3,(H,18,23)/t13-/m0/s1. The zero-order valence-electron chi connectivity index (χ0n) is 14.1. The first-order valence-electron chi connectivity index (χ1n) is 8.36. The molecule has 130 valence electrons. The fraction of sp³-hybridized carbons (Fsp3) is 0.588. The molecule has 0 aliphatic carbocycles. The van der Waals surface area contributed by atoms with E-state index in [0.29, 0.717) is 12.8 Å². The molecule has 0 aromatic carbocycles. The highest BCUT2D eigenvalue weighted by atomic mass is 32.1. The van der Waals surface area contributed by atoms with E-state index >= 15 is 0 Å². The second kappa shape index (κ2) is 6.55. The van der Waals surface area contributed by atoms with Crippen molar-refractivity contribution in [1.29, 1.82) is 0 Å². The predicted octanol–water partition coefficient (Wildman–Crippen LogP) is 2.52. The van der Waals surface area contributed by atoms with Gasteiger partial charge in [0, 0.05) is 19.5 Å². The number of nitrogens with zero attached hydrogens (tertiary/aromatic N) is 2. The minimum Gasteiger partial charge on any atom is -0.336 e. The fourth-order valence-corrected chi connectivity index (χ4v) is 4.14. The molecule has 1 N–H and O–H groups in total. The molecule has 0 saturated carbocycles. The second-order valence-electron chi connectivity index (χ2n) is 6.92. The van der Waals surface area contributed by atoms with Crippen LogP contribution in [0, 0.1) is 0 Å². The molecule has 0 unspecified atom stereocenters. The molecule has 3 heterocycles. The first kappa shape index (κ1) is 17.0. The summed E-state index contributed by atoms with van der Waals surface area (Å²) in [7, 11) is 0. The maximum atomic E-state index is 12.5. The van der Waals surface area contributed by atoms with Crippen LogP contribution in [-0.2, 0) is 9.59 Å². The summed E-state index contributed by atoms with van der Waals surface area (Å²) in [6.07, 6.45) is 2.89. The molecule has 7 heteroatoms. The molecule has 4 amide bonds. The largest absolute Gasteiger partial charge is 0.336 e. The Bertz CT molecular complexity index is 642. The number of carbonyl (C=O) groups is 3. The maximum absolute atomic E-state index is 12.5. The van der Waals surface area contributed by atoms with Crippen LogP contribution >= 0.6 is 11.3 Å². The van der Waals surface area contributed by atoms with Gasteiger partial charge in [-0.25, -0.2) is 4.79 Å². The van der Waals surface area contributed by atoms with Crippen molar-refractivity contribution in [2.45, 2.75) is 51.1 Å². The average Bonchev–Trinajstić information content (AvgIpc) is 3.22. The van der Waals surface area contributed by atoms with E-state index in [1.807, 2.05) is 10.3 Å². The van der Waals surface area contributed by atoms with Crippen LogP contribution in [-0.4, -0.2) is 46.3 Å². The lowest BCUT2D eigenvalue weighted by Gasteiger charge is -2.24. The molecule has 2 aliphatic heterocycles. The summed E-state index contributed by atoms with van der Waals surface area (Å²) in [5.41, 5.74) is 0.363. The Balaban J connectivity index is 1.53. The van der Waals surface area contributed by atoms with Crippen LogP contribution in [0.5, 0.6) is 0 Å². The number of imide groups is 1. The first-order chi connectivity index (χ1) is 11.4. The molecule has 2 fully saturated rings. The van der Waals surface area contributed by atoms with Gasteiger partial charge in [0.15, 0.2) is 0 Å². The van der Waals surface area contributed by atoms with Crippen LogP contribution in [0.25, 0.3) is 0 Å². The molecule has 1 aromatic rings. The van der Waals surface area contributed by atoms with Gasteiger partial charge in [0.05, 0.1) is 6.04 Å². The van der Waals surface area contributed by atoms with E-state index in [4.69, 9.17) is 0 Å². The normalized spacial score (nSPS) is 23.0. The van der Waals surface area contributed by atoms with Crippen LogP contribution in [0.3, 0.4) is 0 Å². The van der Waals surface area contributed by atoms with Crippen molar-refractivity contribution < 1.29 is 14.4 Å². The summed E-state index contributed by atoms with van der Waals surface area (Å²) in [6, 6.07) is 1.89. The van der Waals surface area contributed by atoms with Crippen LogP contribution in [0.2, 0.25) is 0 Å². The molecule has 0 bridgehead atoms. The number of hydrogen-bond acceptors (Lipinski definition) is 4. The van der Waals surface area contributed by atoms with Crippen molar-refractivity contribution in [3.8, 4) is 0 Å². The Morgan fingerprint density at radius 1 is 1.42 bits per heavy atom. The lowest BCUT2D eigenvalue weighted by Crippen LogP contribution is -2.40. The zero-order valence-corrected chi connectivity index (χ0v) is 14.9. The third kappa shape index (κ3) is 3.17. The van der Waals surface area contributed by atoms with E-state index in [9.17, 15) is 14.4 Å². The Morgan fingerprint density at radius 3 is 2.83 bits per heavy atom. The molecule has 0 spiro atoms. The third-order valence-corrected chi connectivity index (χ3v) is 5.42. The van der Waals surface area contributed by atoms with Gasteiger partial charge in [-0.3, -0.25) is 14.5 Å². The highest BCUT2D eigenvalue weighted by molar-refractivity contribution is 7.08. The minimum atomic E-state index is -0.847. The topological polar surface area (TPSA) is 69.7 Å². The number of hydrogen-bond donors (Lipinski definition) is 1. The number of nitrogens with one attached hydrogen (secondary N) is 1. The number of rotatable bonds is 5. The van der Waals surface area contributed by atoms with E-state index in [1.54, 1.807) is 25.2 Å². The molecular formula is C17H23N3O3S. The quantitative estimate of drug-likeness (QED) is 0.831. The van der Waals surface area contributed by atoms with Crippen molar-refractivity contribution in [1.82, 2.24) is 15.1 Å². The Morgan fingerprint density at radius 2 is 2.21 bits per heavy atom. The minimum absolute atomic E-state index is 0.106. The van der Waals surface area contributed by atoms with Crippen LogP contribution in [0.1, 0.15) is 51.1 Å². The van der Waals surface area contributed by atoms with Gasteiger partial charge < -0.3 is 10.2 Å². The van der Waals surface area contributed by atoms with Gasteiger partial charge >= 0.3 is 6.03 Å². The van der Waals surface area contributed by atoms with Gasteiger partial charge in [-0.05, 0) is 55.5 Å². The van der Waals surface area contributed by atoms with Gasteiger partial charge in [-0.15, -0.1) is 0 Å². The highest BCUT2D eigenvalue weighted by Gasteiger charge is 2.43. The second-order valence-corrected chi connectivity index (χ2v) is 7.70. The highest BCUT2D eigenvalue weighted by Crippen LogP contribution is 2.33. The molecular weight excluding hydrogens is 326 g/mol. The van der Waals surface area contributed by atoms with E-state index in [1.165, 1.54) is 10.5 Å².